The summed E-state index contributed by atoms with van der Waals surface area (Å²) in [4.78, 5) is 86.1. The smallest absolute Gasteiger partial charge is 0.262 e. The number of rotatable bonds is 10. The number of nitrogen functional groups attached to an aromatic ring is 1. The number of nitrogens with zero attached hydrogens (tertiary/aromatic N) is 7. The van der Waals surface area contributed by atoms with Crippen LogP contribution in [0.3, 0.4) is 0 Å². The van der Waals surface area contributed by atoms with Gasteiger partial charge in [-0.1, -0.05) is 19.1 Å². The number of fused-ring (bicyclic) bond motifs is 1. The number of thiazole rings is 1. The number of primary sulfonamides is 1. The molecular weight excluding hydrogens is 912 g/mol. The minimum atomic E-state index is -4.06. The van der Waals surface area contributed by atoms with E-state index in [0.29, 0.717) is 22.8 Å². The molecule has 1 saturated carbocycles. The first-order chi connectivity index (χ1) is 32.5. The van der Waals surface area contributed by atoms with Crippen molar-refractivity contribution in [2.24, 2.45) is 16.0 Å². The second kappa shape index (κ2) is 17.7. The lowest BCUT2D eigenvalue weighted by Crippen LogP contribution is -2.61. The van der Waals surface area contributed by atoms with Crippen LogP contribution in [0.2, 0.25) is 0 Å². The van der Waals surface area contributed by atoms with E-state index in [1.165, 1.54) is 17.4 Å². The van der Waals surface area contributed by atoms with Gasteiger partial charge in [-0.2, -0.15) is 0 Å². The molecule has 5 aliphatic heterocycles. The quantitative estimate of drug-likeness (QED) is 0.178. The number of aromatic nitrogens is 3. The van der Waals surface area contributed by atoms with Crippen LogP contribution >= 0.6 is 11.3 Å². The molecule has 68 heavy (non-hydrogen) atoms. The molecule has 2 spiro atoms. The molecule has 5 N–H and O–H groups in total. The number of sulfonamides is 1. The highest BCUT2D eigenvalue weighted by atomic mass is 32.2. The predicted octanol–water partition coefficient (Wildman–Crippen LogP) is 5.00. The summed E-state index contributed by atoms with van der Waals surface area (Å²) in [5.41, 5.74) is 8.72. The van der Waals surface area contributed by atoms with E-state index in [1.54, 1.807) is 43.5 Å². The van der Waals surface area contributed by atoms with Gasteiger partial charge in [0.2, 0.25) is 33.7 Å². The normalized spacial score (nSPS) is 22.4. The number of carbonyl (C=O) groups is 5. The largest absolute Gasteiger partial charge is 0.370 e. The van der Waals surface area contributed by atoms with Crippen LogP contribution in [0, 0.1) is 16.6 Å². The second-order valence-electron chi connectivity index (χ2n) is 19.7. The van der Waals surface area contributed by atoms with Crippen molar-refractivity contribution in [3.8, 4) is 21.8 Å². The summed E-state index contributed by atoms with van der Waals surface area (Å²) in [6, 6.07) is 10.7. The first-order valence-corrected chi connectivity index (χ1v) is 26.0. The molecule has 6 aliphatic rings. The third-order valence-corrected chi connectivity index (χ3v) is 18.3. The van der Waals surface area contributed by atoms with Crippen LogP contribution in [0.5, 0.6) is 0 Å². The number of nitrogens with two attached hydrogens (primary N) is 2. The summed E-state index contributed by atoms with van der Waals surface area (Å²) >= 11 is 1.46. The Bertz CT molecular complexity index is 2820. The van der Waals surface area contributed by atoms with Crippen molar-refractivity contribution in [2.45, 2.75) is 94.8 Å². The Labute approximate surface area is 397 Å². The number of anilines is 2. The summed E-state index contributed by atoms with van der Waals surface area (Å²) in [5.74, 6) is -2.35. The number of hydrogen-bond acceptors (Lipinski definition) is 14. The molecular formula is C48H55FN10O7S2. The third-order valence-electron chi connectivity index (χ3n) is 15.6. The van der Waals surface area contributed by atoms with Gasteiger partial charge in [-0.15, -0.1) is 11.3 Å². The van der Waals surface area contributed by atoms with Crippen LogP contribution < -0.4 is 21.1 Å². The summed E-state index contributed by atoms with van der Waals surface area (Å²) < 4.78 is 41.2. The Balaban J connectivity index is 0.718. The monoisotopic (exact) mass is 966 g/mol. The number of imide groups is 2. The van der Waals surface area contributed by atoms with Crippen molar-refractivity contribution in [2.75, 3.05) is 56.4 Å². The Kier molecular flexibility index (Phi) is 12.0. The molecule has 0 radical (unpaired) electrons. The highest BCUT2D eigenvalue weighted by molar-refractivity contribution is 7.89. The molecule has 2 aromatic carbocycles. The summed E-state index contributed by atoms with van der Waals surface area (Å²) in [6.07, 6.45) is 9.44. The highest BCUT2D eigenvalue weighted by Gasteiger charge is 2.48. The van der Waals surface area contributed by atoms with E-state index in [4.69, 9.17) is 15.9 Å². The van der Waals surface area contributed by atoms with Gasteiger partial charge in [0.25, 0.3) is 11.8 Å². The van der Waals surface area contributed by atoms with E-state index >= 15 is 4.39 Å². The fourth-order valence-corrected chi connectivity index (χ4v) is 13.8. The van der Waals surface area contributed by atoms with Gasteiger partial charge in [-0.3, -0.25) is 39.1 Å². The standard InChI is InChI=1S/C48H55FN10O7S2/c1-2-36(68(51,65)66)31-4-3-5-32(39(31)49)40-41(34-12-19-52-46(50)53-34)67-43(55-40)28-10-13-47(14-11-28)17-22-57(23-18-47)38(61)25-56-20-15-48(16-21-56)26-58(27-48)29-6-7-30-33(24-29)45(64)59(44(30)63)35-8-9-37(60)54-42(35)62/h3-7,12,19,24,28,35-36H,2,8-11,13-18,20-23,25-27H2,1H3,(H2,50,52,53)(H2,51,65,66)(H,54,60,62). The van der Waals surface area contributed by atoms with Crippen molar-refractivity contribution in [1.82, 2.24) is 35.0 Å². The molecule has 4 aromatic rings. The zero-order valence-electron chi connectivity index (χ0n) is 37.9. The molecule has 17 nitrogen and oxygen atoms in total. The number of benzene rings is 2. The zero-order chi connectivity index (χ0) is 47.7. The maximum Gasteiger partial charge on any atom is 0.262 e. The number of carbonyl (C=O) groups excluding carboxylic acids is 5. The van der Waals surface area contributed by atoms with Crippen molar-refractivity contribution in [1.29, 1.82) is 0 Å². The van der Waals surface area contributed by atoms with Gasteiger partial charge < -0.3 is 15.5 Å². The Hall–Kier alpha value is -5.70. The van der Waals surface area contributed by atoms with Crippen LogP contribution in [0.25, 0.3) is 21.8 Å². The average molecular weight is 967 g/mol. The lowest BCUT2D eigenvalue weighted by molar-refractivity contribution is -0.137. The van der Waals surface area contributed by atoms with E-state index in [1.807, 2.05) is 11.0 Å². The van der Waals surface area contributed by atoms with Gasteiger partial charge >= 0.3 is 0 Å². The number of piperidine rings is 3. The third kappa shape index (κ3) is 8.46. The van der Waals surface area contributed by atoms with Gasteiger partial charge in [0.1, 0.15) is 17.1 Å². The molecule has 358 valence electrons. The summed E-state index contributed by atoms with van der Waals surface area (Å²) in [5, 5.41) is 7.43. The molecule has 2 aromatic heterocycles. The molecule has 0 bridgehead atoms. The number of hydrogen-bond donors (Lipinski definition) is 3. The minimum Gasteiger partial charge on any atom is -0.370 e. The number of halogens is 1. The van der Waals surface area contributed by atoms with Gasteiger partial charge in [0, 0.05) is 66.9 Å². The van der Waals surface area contributed by atoms with E-state index in [-0.39, 0.29) is 70.1 Å². The van der Waals surface area contributed by atoms with Gasteiger partial charge in [-0.05, 0) is 113 Å². The van der Waals surface area contributed by atoms with E-state index in [9.17, 15) is 32.4 Å². The minimum absolute atomic E-state index is 0.00415. The summed E-state index contributed by atoms with van der Waals surface area (Å²) in [6.45, 7) is 6.80. The number of amides is 5. The molecule has 10 rings (SSSR count). The molecule has 2 unspecified atom stereocenters. The lowest BCUT2D eigenvalue weighted by atomic mass is 9.65. The molecule has 7 heterocycles. The zero-order valence-corrected chi connectivity index (χ0v) is 39.5. The van der Waals surface area contributed by atoms with E-state index < -0.39 is 50.8 Å². The molecule has 5 fully saturated rings. The van der Waals surface area contributed by atoms with Crippen LogP contribution in [-0.2, 0) is 24.4 Å². The van der Waals surface area contributed by atoms with Crippen LogP contribution in [0.4, 0.5) is 16.0 Å². The Morgan fingerprint density at radius 2 is 1.60 bits per heavy atom. The fraction of sp³-hybridized carbons (Fsp3) is 0.500. The van der Waals surface area contributed by atoms with Crippen LogP contribution in [-0.4, -0.2) is 119 Å². The predicted molar refractivity (Wildman–Crippen MR) is 252 cm³/mol. The Morgan fingerprint density at radius 3 is 2.28 bits per heavy atom. The molecule has 20 heteroatoms. The van der Waals surface area contributed by atoms with Gasteiger partial charge in [0.05, 0.1) is 38.9 Å². The second-order valence-corrected chi connectivity index (χ2v) is 22.5. The SMILES string of the molecule is CCC(c1cccc(-c2nc(C3CCC4(CC3)CCN(C(=O)CN3CCC5(CC3)CN(c3ccc6c(c3)C(=O)N(C3CCC(=O)NC3=O)C6=O)C5)CC4)sc2-c2ccnc(N)n2)c1F)S(N)(=O)=O. The van der Waals surface area contributed by atoms with Crippen molar-refractivity contribution >= 4 is 62.5 Å². The van der Waals surface area contributed by atoms with Gasteiger partial charge in [0.15, 0.2) is 0 Å². The maximum absolute atomic E-state index is 16.4. The first-order valence-electron chi connectivity index (χ1n) is 23.5. The molecule has 4 saturated heterocycles. The van der Waals surface area contributed by atoms with Gasteiger partial charge in [-0.25, -0.2) is 32.9 Å². The van der Waals surface area contributed by atoms with Crippen LogP contribution in [0.15, 0.2) is 48.7 Å². The van der Waals surface area contributed by atoms with Crippen molar-refractivity contribution in [3.05, 3.63) is 76.2 Å². The highest BCUT2D eigenvalue weighted by Crippen LogP contribution is 2.51. The topological polar surface area (TPSA) is 235 Å². The van der Waals surface area contributed by atoms with Crippen molar-refractivity contribution in [3.63, 3.8) is 0 Å². The average Bonchev–Trinajstić information content (AvgIpc) is 3.85. The summed E-state index contributed by atoms with van der Waals surface area (Å²) in [7, 11) is -4.06. The van der Waals surface area contributed by atoms with E-state index in [2.05, 4.69) is 25.1 Å². The Morgan fingerprint density at radius 1 is 0.897 bits per heavy atom. The maximum atomic E-state index is 16.4. The number of likely N-dealkylation sites (tertiary alicyclic amines) is 2. The molecule has 2 atom stereocenters. The lowest BCUT2D eigenvalue weighted by Gasteiger charge is -2.55. The fourth-order valence-electron chi connectivity index (χ4n) is 11.6. The molecule has 5 amide bonds. The number of nitrogens with one attached hydrogen (secondary N) is 1. The first kappa shape index (κ1) is 46.1. The van der Waals surface area contributed by atoms with Crippen LogP contribution in [0.1, 0.15) is 120 Å². The van der Waals surface area contributed by atoms with Crippen molar-refractivity contribution < 1.29 is 36.8 Å². The molecule has 1 aliphatic carbocycles. The van der Waals surface area contributed by atoms with E-state index in [0.717, 1.165) is 106 Å².